The second-order valence-electron chi connectivity index (χ2n) is 4.90. The molecule has 0 saturated carbocycles. The molecule has 1 atom stereocenters. The summed E-state index contributed by atoms with van der Waals surface area (Å²) in [6.45, 7) is -0.266. The summed E-state index contributed by atoms with van der Waals surface area (Å²) in [5.41, 5.74) is 1.76. The summed E-state index contributed by atoms with van der Waals surface area (Å²) in [6.07, 6.45) is 1.49. The lowest BCUT2D eigenvalue weighted by Gasteiger charge is -2.12. The number of furan rings is 1. The number of carbonyl (C=O) groups excluding carboxylic acids is 1. The smallest absolute Gasteiger partial charge is 0.269 e. The number of aliphatic hydroxyl groups excluding tert-OH is 1. The molecular weight excluding hydrogens is 318 g/mol. The minimum Gasteiger partial charge on any atom is -0.467 e. The highest BCUT2D eigenvalue weighted by atomic mass is 35.5. The van der Waals surface area contributed by atoms with Crippen molar-refractivity contribution in [1.29, 1.82) is 0 Å². The van der Waals surface area contributed by atoms with E-state index in [0.717, 1.165) is 5.56 Å². The van der Waals surface area contributed by atoms with Gasteiger partial charge < -0.3 is 14.8 Å². The molecule has 0 aliphatic carbocycles. The van der Waals surface area contributed by atoms with Gasteiger partial charge in [0.2, 0.25) is 0 Å². The minimum atomic E-state index is -0.611. The number of aromatic nitrogens is 2. The molecule has 0 radical (unpaired) electrons. The molecule has 3 aromatic rings. The number of aromatic amines is 1. The summed E-state index contributed by atoms with van der Waals surface area (Å²) in [5, 5.41) is 19.5. The Labute approximate surface area is 137 Å². The topological polar surface area (TPSA) is 91.2 Å². The monoisotopic (exact) mass is 331 g/mol. The van der Waals surface area contributed by atoms with Crippen molar-refractivity contribution in [1.82, 2.24) is 15.5 Å². The number of carbonyl (C=O) groups is 1. The molecular formula is C16H14ClN3O3. The Kier molecular flexibility index (Phi) is 4.45. The van der Waals surface area contributed by atoms with Crippen LogP contribution in [0, 0.1) is 0 Å². The first-order chi connectivity index (χ1) is 11.2. The number of benzene rings is 1. The molecule has 0 saturated heterocycles. The zero-order valence-corrected chi connectivity index (χ0v) is 12.7. The molecule has 1 unspecified atom stereocenters. The maximum atomic E-state index is 12.3. The number of aliphatic hydroxyl groups is 1. The third-order valence-corrected chi connectivity index (χ3v) is 3.59. The molecule has 0 bridgehead atoms. The molecule has 3 N–H and O–H groups in total. The average Bonchev–Trinajstić information content (AvgIpc) is 3.24. The molecule has 2 heterocycles. The van der Waals surface area contributed by atoms with Crippen molar-refractivity contribution in [3.8, 4) is 11.3 Å². The van der Waals surface area contributed by atoms with Gasteiger partial charge in [-0.25, -0.2) is 0 Å². The van der Waals surface area contributed by atoms with Crippen molar-refractivity contribution in [3.05, 3.63) is 65.2 Å². The lowest BCUT2D eigenvalue weighted by atomic mass is 10.1. The van der Waals surface area contributed by atoms with E-state index >= 15 is 0 Å². The molecule has 118 valence electrons. The van der Waals surface area contributed by atoms with E-state index in [-0.39, 0.29) is 12.5 Å². The van der Waals surface area contributed by atoms with Crippen molar-refractivity contribution in [2.75, 3.05) is 6.61 Å². The van der Waals surface area contributed by atoms with Crippen molar-refractivity contribution in [3.63, 3.8) is 0 Å². The Morgan fingerprint density at radius 3 is 2.78 bits per heavy atom. The normalized spacial score (nSPS) is 12.1. The summed E-state index contributed by atoms with van der Waals surface area (Å²) in [6, 6.07) is 11.5. The van der Waals surface area contributed by atoms with E-state index in [1.54, 1.807) is 30.3 Å². The van der Waals surface area contributed by atoms with Crippen LogP contribution < -0.4 is 5.32 Å². The van der Waals surface area contributed by atoms with E-state index in [1.165, 1.54) is 6.26 Å². The molecule has 0 spiro atoms. The summed E-state index contributed by atoms with van der Waals surface area (Å²) in [5.74, 6) is 0.103. The third-order valence-electron chi connectivity index (χ3n) is 3.34. The second kappa shape index (κ2) is 6.68. The summed E-state index contributed by atoms with van der Waals surface area (Å²) < 4.78 is 5.20. The minimum absolute atomic E-state index is 0.266. The first-order valence-corrected chi connectivity index (χ1v) is 7.31. The highest BCUT2D eigenvalue weighted by Crippen LogP contribution is 2.20. The van der Waals surface area contributed by atoms with E-state index in [1.807, 2.05) is 12.1 Å². The molecule has 7 heteroatoms. The Balaban J connectivity index is 1.74. The van der Waals surface area contributed by atoms with Crippen LogP contribution in [0.2, 0.25) is 5.02 Å². The highest BCUT2D eigenvalue weighted by Gasteiger charge is 2.19. The van der Waals surface area contributed by atoms with Gasteiger partial charge >= 0.3 is 0 Å². The number of amides is 1. The van der Waals surface area contributed by atoms with Crippen LogP contribution in [0.1, 0.15) is 22.3 Å². The van der Waals surface area contributed by atoms with Gasteiger partial charge in [-0.3, -0.25) is 9.89 Å². The Morgan fingerprint density at radius 1 is 1.35 bits per heavy atom. The molecule has 0 aliphatic heterocycles. The maximum Gasteiger partial charge on any atom is 0.269 e. The van der Waals surface area contributed by atoms with Crippen molar-refractivity contribution >= 4 is 17.5 Å². The third kappa shape index (κ3) is 3.44. The van der Waals surface area contributed by atoms with Gasteiger partial charge in [0.1, 0.15) is 17.5 Å². The van der Waals surface area contributed by atoms with Gasteiger partial charge in [-0.1, -0.05) is 23.7 Å². The molecule has 1 aromatic carbocycles. The van der Waals surface area contributed by atoms with E-state index in [4.69, 9.17) is 16.0 Å². The predicted octanol–water partition coefficient (Wildman–Crippen LogP) is 2.79. The SMILES string of the molecule is O=C(NC(CO)c1ccco1)c1cc(-c2ccc(Cl)cc2)n[nH]1. The second-order valence-corrected chi connectivity index (χ2v) is 5.33. The molecule has 1 amide bonds. The van der Waals surface area contributed by atoms with Crippen molar-refractivity contribution < 1.29 is 14.3 Å². The average molecular weight is 332 g/mol. The van der Waals surface area contributed by atoms with Crippen LogP contribution >= 0.6 is 11.6 Å². The molecule has 0 aliphatic rings. The molecule has 2 aromatic heterocycles. The first-order valence-electron chi connectivity index (χ1n) is 6.94. The van der Waals surface area contributed by atoms with Gasteiger partial charge in [-0.15, -0.1) is 0 Å². The summed E-state index contributed by atoms with van der Waals surface area (Å²) >= 11 is 5.85. The number of H-pyrrole nitrogens is 1. The van der Waals surface area contributed by atoms with Gasteiger partial charge in [0.05, 0.1) is 18.6 Å². The molecule has 6 nitrogen and oxygen atoms in total. The largest absolute Gasteiger partial charge is 0.467 e. The quantitative estimate of drug-likeness (QED) is 0.670. The van der Waals surface area contributed by atoms with Crippen LogP contribution in [0.25, 0.3) is 11.3 Å². The van der Waals surface area contributed by atoms with Crippen LogP contribution in [0.3, 0.4) is 0 Å². The number of halogens is 1. The summed E-state index contributed by atoms with van der Waals surface area (Å²) in [7, 11) is 0. The van der Waals surface area contributed by atoms with Crippen molar-refractivity contribution in [2.45, 2.75) is 6.04 Å². The number of nitrogens with zero attached hydrogens (tertiary/aromatic N) is 1. The van der Waals surface area contributed by atoms with Crippen LogP contribution in [-0.2, 0) is 0 Å². The van der Waals surface area contributed by atoms with E-state index in [0.29, 0.717) is 22.2 Å². The van der Waals surface area contributed by atoms with E-state index < -0.39 is 6.04 Å². The Hall–Kier alpha value is -2.57. The standard InChI is InChI=1S/C16H14ClN3O3/c17-11-5-3-10(4-6-11)12-8-13(20-19-12)16(22)18-14(9-21)15-2-1-7-23-15/h1-8,14,21H,9H2,(H,18,22)(H,19,20). The van der Waals surface area contributed by atoms with Gasteiger partial charge in [0.15, 0.2) is 0 Å². The van der Waals surface area contributed by atoms with Gasteiger partial charge in [0, 0.05) is 10.6 Å². The lowest BCUT2D eigenvalue weighted by Crippen LogP contribution is -2.30. The van der Waals surface area contributed by atoms with Gasteiger partial charge in [0.25, 0.3) is 5.91 Å². The van der Waals surface area contributed by atoms with Crippen LogP contribution in [-0.4, -0.2) is 27.8 Å². The fourth-order valence-electron chi connectivity index (χ4n) is 2.14. The number of rotatable bonds is 5. The zero-order valence-electron chi connectivity index (χ0n) is 12.0. The van der Waals surface area contributed by atoms with Gasteiger partial charge in [-0.2, -0.15) is 5.10 Å². The predicted molar refractivity (Wildman–Crippen MR) is 85.0 cm³/mol. The van der Waals surface area contributed by atoms with Crippen LogP contribution in [0.5, 0.6) is 0 Å². The molecule has 23 heavy (non-hydrogen) atoms. The fraction of sp³-hybridized carbons (Fsp3) is 0.125. The molecule has 0 fully saturated rings. The summed E-state index contributed by atoms with van der Waals surface area (Å²) in [4.78, 5) is 12.3. The van der Waals surface area contributed by atoms with E-state index in [9.17, 15) is 9.90 Å². The van der Waals surface area contributed by atoms with E-state index in [2.05, 4.69) is 15.5 Å². The number of hydrogen-bond donors (Lipinski definition) is 3. The van der Waals surface area contributed by atoms with Crippen LogP contribution in [0.15, 0.2) is 53.1 Å². The fourth-order valence-corrected chi connectivity index (χ4v) is 2.26. The molecule has 3 rings (SSSR count). The maximum absolute atomic E-state index is 12.3. The Morgan fingerprint density at radius 2 is 2.13 bits per heavy atom. The number of nitrogens with one attached hydrogen (secondary N) is 2. The highest BCUT2D eigenvalue weighted by molar-refractivity contribution is 6.30. The van der Waals surface area contributed by atoms with Crippen molar-refractivity contribution in [2.24, 2.45) is 0 Å². The van der Waals surface area contributed by atoms with Gasteiger partial charge in [-0.05, 0) is 30.3 Å². The first kappa shape index (κ1) is 15.3. The number of hydrogen-bond acceptors (Lipinski definition) is 4. The Bertz CT molecular complexity index is 781. The van der Waals surface area contributed by atoms with Crippen LogP contribution in [0.4, 0.5) is 0 Å². The zero-order chi connectivity index (χ0) is 16.2. The lowest BCUT2D eigenvalue weighted by molar-refractivity contribution is 0.0902.